The number of unbranched alkanes of at least 4 members (excludes halogenated alkanes) is 21. The molecule has 268 valence electrons. The number of rotatable bonds is 28. The highest BCUT2D eigenvalue weighted by Gasteiger charge is 2.10. The first kappa shape index (κ1) is 41.7. The second-order valence-corrected chi connectivity index (χ2v) is 14.8. The van der Waals surface area contributed by atoms with Crippen molar-refractivity contribution in [1.82, 2.24) is 0 Å². The molecule has 0 unspecified atom stereocenters. The molecule has 0 amide bonds. The number of aliphatic imine (C=N–C) groups is 2. The molecule has 2 aromatic carbocycles. The summed E-state index contributed by atoms with van der Waals surface area (Å²) in [4.78, 5) is 10.6. The fraction of sp³-hybridized carbons (Fsp3) is 0.652. The smallest absolute Gasteiger partial charge is 0.0848 e. The fourth-order valence-electron chi connectivity index (χ4n) is 6.84. The van der Waals surface area contributed by atoms with Crippen LogP contribution in [0, 0.1) is 27.7 Å². The van der Waals surface area contributed by atoms with Crippen molar-refractivity contribution < 1.29 is 0 Å². The molecule has 0 N–H and O–H groups in total. The summed E-state index contributed by atoms with van der Waals surface area (Å²) in [5, 5.41) is 0. The van der Waals surface area contributed by atoms with Gasteiger partial charge in [0.2, 0.25) is 0 Å². The van der Waals surface area contributed by atoms with Crippen LogP contribution in [0.2, 0.25) is 0 Å². The lowest BCUT2D eigenvalue weighted by atomic mass is 10.0. The molecule has 0 bridgehead atoms. The SMILES string of the molecule is CCCCCCCCCCCCCCCCCC/C=C/C(=Nc1cc(C)cc(C)c1)C(CCCCCCCC)=Nc1cc(C)cc(C)c1. The average molecular weight is 655 g/mol. The molecular weight excluding hydrogens is 581 g/mol. The van der Waals surface area contributed by atoms with Crippen molar-refractivity contribution in [2.75, 3.05) is 0 Å². The van der Waals surface area contributed by atoms with Crippen LogP contribution in [0.3, 0.4) is 0 Å². The third kappa shape index (κ3) is 20.8. The van der Waals surface area contributed by atoms with E-state index in [0.717, 1.165) is 42.1 Å². The maximum Gasteiger partial charge on any atom is 0.0848 e. The van der Waals surface area contributed by atoms with Gasteiger partial charge in [0.25, 0.3) is 0 Å². The molecular formula is C46H74N2. The lowest BCUT2D eigenvalue weighted by Gasteiger charge is -2.10. The van der Waals surface area contributed by atoms with Gasteiger partial charge < -0.3 is 0 Å². The van der Waals surface area contributed by atoms with Crippen LogP contribution >= 0.6 is 0 Å². The zero-order chi connectivity index (χ0) is 34.7. The number of nitrogens with zero attached hydrogens (tertiary/aromatic N) is 2. The number of hydrogen-bond donors (Lipinski definition) is 0. The predicted octanol–water partition coefficient (Wildman–Crippen LogP) is 15.7. The van der Waals surface area contributed by atoms with E-state index in [2.05, 4.69) is 90.1 Å². The Balaban J connectivity index is 1.92. The van der Waals surface area contributed by atoms with Crippen molar-refractivity contribution in [3.63, 3.8) is 0 Å². The van der Waals surface area contributed by atoms with E-state index in [4.69, 9.17) is 9.98 Å². The lowest BCUT2D eigenvalue weighted by Crippen LogP contribution is -2.12. The molecule has 0 aromatic heterocycles. The monoisotopic (exact) mass is 655 g/mol. The van der Waals surface area contributed by atoms with Gasteiger partial charge in [-0.2, -0.15) is 0 Å². The summed E-state index contributed by atoms with van der Waals surface area (Å²) in [5.74, 6) is 0. The summed E-state index contributed by atoms with van der Waals surface area (Å²) in [7, 11) is 0. The molecule has 2 rings (SSSR count). The Hall–Kier alpha value is -2.48. The van der Waals surface area contributed by atoms with Gasteiger partial charge in [-0.25, -0.2) is 4.99 Å². The standard InChI is InChI=1S/C46H74N2/c1-7-9-11-13-15-16-17-18-19-20-21-22-23-24-25-26-28-30-32-46(48-44-37-41(5)34-42(6)38-44)45(31-29-27-14-12-10-8-2)47-43-35-39(3)33-40(4)36-43/h30,32-38H,7-29,31H2,1-6H3/b32-30+,47-45?,48-46?. The largest absolute Gasteiger partial charge is 0.251 e. The molecule has 0 radical (unpaired) electrons. The van der Waals surface area contributed by atoms with Crippen LogP contribution in [0.5, 0.6) is 0 Å². The molecule has 0 aliphatic rings. The second kappa shape index (κ2) is 27.4. The molecule has 0 heterocycles. The van der Waals surface area contributed by atoms with Crippen LogP contribution in [-0.4, -0.2) is 11.4 Å². The number of aryl methyl sites for hydroxylation is 4. The third-order valence-electron chi connectivity index (χ3n) is 9.49. The maximum atomic E-state index is 5.29. The predicted molar refractivity (Wildman–Crippen MR) is 217 cm³/mol. The van der Waals surface area contributed by atoms with Gasteiger partial charge in [-0.05, 0) is 106 Å². The number of allylic oxidation sites excluding steroid dienone is 2. The number of hydrogen-bond acceptors (Lipinski definition) is 2. The topological polar surface area (TPSA) is 24.7 Å². The highest BCUT2D eigenvalue weighted by atomic mass is 14.8. The fourth-order valence-corrected chi connectivity index (χ4v) is 6.84. The van der Waals surface area contributed by atoms with Gasteiger partial charge in [0.1, 0.15) is 0 Å². The minimum absolute atomic E-state index is 0.964. The Labute approximate surface area is 298 Å². The van der Waals surface area contributed by atoms with Crippen LogP contribution in [-0.2, 0) is 0 Å². The van der Waals surface area contributed by atoms with Gasteiger partial charge in [-0.15, -0.1) is 0 Å². The minimum atomic E-state index is 0.964. The molecule has 0 aliphatic heterocycles. The van der Waals surface area contributed by atoms with Gasteiger partial charge in [-0.1, -0.05) is 160 Å². The summed E-state index contributed by atoms with van der Waals surface area (Å²) >= 11 is 0. The minimum Gasteiger partial charge on any atom is -0.251 e. The summed E-state index contributed by atoms with van der Waals surface area (Å²) in [5.41, 5.74) is 9.28. The van der Waals surface area contributed by atoms with Crippen molar-refractivity contribution in [3.8, 4) is 0 Å². The molecule has 0 spiro atoms. The Morgan fingerprint density at radius 2 is 0.792 bits per heavy atom. The number of benzene rings is 2. The first-order chi connectivity index (χ1) is 23.4. The molecule has 2 nitrogen and oxygen atoms in total. The zero-order valence-electron chi connectivity index (χ0n) is 32.5. The van der Waals surface area contributed by atoms with Gasteiger partial charge in [0.15, 0.2) is 0 Å². The molecule has 0 atom stereocenters. The molecule has 0 saturated heterocycles. The molecule has 2 aromatic rings. The molecule has 48 heavy (non-hydrogen) atoms. The molecule has 0 saturated carbocycles. The van der Waals surface area contributed by atoms with E-state index in [-0.39, 0.29) is 0 Å². The van der Waals surface area contributed by atoms with Crippen LogP contribution in [0.25, 0.3) is 0 Å². The van der Waals surface area contributed by atoms with E-state index in [1.807, 2.05) is 0 Å². The van der Waals surface area contributed by atoms with Gasteiger partial charge in [0.05, 0.1) is 22.8 Å². The summed E-state index contributed by atoms with van der Waals surface area (Å²) < 4.78 is 0. The first-order valence-corrected chi connectivity index (χ1v) is 20.4. The quantitative estimate of drug-likeness (QED) is 0.0644. The van der Waals surface area contributed by atoms with Crippen LogP contribution in [0.4, 0.5) is 11.4 Å². The highest BCUT2D eigenvalue weighted by Crippen LogP contribution is 2.23. The third-order valence-corrected chi connectivity index (χ3v) is 9.49. The Morgan fingerprint density at radius 1 is 0.438 bits per heavy atom. The first-order valence-electron chi connectivity index (χ1n) is 20.4. The summed E-state index contributed by atoms with van der Waals surface area (Å²) in [6.45, 7) is 13.3. The Bertz CT molecular complexity index is 1160. The van der Waals surface area contributed by atoms with Crippen molar-refractivity contribution in [3.05, 3.63) is 70.8 Å². The van der Waals surface area contributed by atoms with Gasteiger partial charge >= 0.3 is 0 Å². The highest BCUT2D eigenvalue weighted by molar-refractivity contribution is 6.47. The van der Waals surface area contributed by atoms with E-state index >= 15 is 0 Å². The summed E-state index contributed by atoms with van der Waals surface area (Å²) in [6.07, 6.45) is 37.0. The molecule has 0 aliphatic carbocycles. The average Bonchev–Trinajstić information content (AvgIpc) is 3.04. The zero-order valence-corrected chi connectivity index (χ0v) is 32.5. The van der Waals surface area contributed by atoms with E-state index in [9.17, 15) is 0 Å². The van der Waals surface area contributed by atoms with E-state index in [0.29, 0.717) is 0 Å². The van der Waals surface area contributed by atoms with Gasteiger partial charge in [0, 0.05) is 0 Å². The molecule has 2 heteroatoms. The maximum absolute atomic E-state index is 5.29. The Kier molecular flexibility index (Phi) is 23.8. The van der Waals surface area contributed by atoms with E-state index < -0.39 is 0 Å². The van der Waals surface area contributed by atoms with Crippen LogP contribution in [0.15, 0.2) is 58.5 Å². The van der Waals surface area contributed by atoms with Crippen molar-refractivity contribution in [1.29, 1.82) is 0 Å². The molecule has 0 fully saturated rings. The van der Waals surface area contributed by atoms with E-state index in [1.54, 1.807) is 0 Å². The van der Waals surface area contributed by atoms with Gasteiger partial charge in [-0.3, -0.25) is 4.99 Å². The Morgan fingerprint density at radius 3 is 1.21 bits per heavy atom. The van der Waals surface area contributed by atoms with Crippen LogP contribution < -0.4 is 0 Å². The normalized spacial score (nSPS) is 12.5. The van der Waals surface area contributed by atoms with E-state index in [1.165, 1.54) is 157 Å². The van der Waals surface area contributed by atoms with Crippen molar-refractivity contribution in [2.24, 2.45) is 9.98 Å². The van der Waals surface area contributed by atoms with Crippen LogP contribution in [0.1, 0.15) is 190 Å². The van der Waals surface area contributed by atoms with Crippen molar-refractivity contribution >= 4 is 22.8 Å². The second-order valence-electron chi connectivity index (χ2n) is 14.8. The van der Waals surface area contributed by atoms with Crippen molar-refractivity contribution in [2.45, 2.75) is 196 Å². The lowest BCUT2D eigenvalue weighted by molar-refractivity contribution is 0.530. The summed E-state index contributed by atoms with van der Waals surface area (Å²) in [6, 6.07) is 13.3.